The summed E-state index contributed by atoms with van der Waals surface area (Å²) in [4.78, 5) is 14.4. The minimum absolute atomic E-state index is 0.0327. The first-order valence-electron chi connectivity index (χ1n) is 9.16. The van der Waals surface area contributed by atoms with Gasteiger partial charge < -0.3 is 10.2 Å². The molecule has 150 valence electrons. The number of sulfonamides is 1. The Morgan fingerprint density at radius 3 is 2.46 bits per heavy atom. The van der Waals surface area contributed by atoms with E-state index in [1.807, 2.05) is 31.2 Å². The minimum atomic E-state index is -3.96. The van der Waals surface area contributed by atoms with Gasteiger partial charge >= 0.3 is 0 Å². The Morgan fingerprint density at radius 1 is 1.14 bits per heavy atom. The molecule has 0 unspecified atom stereocenters. The van der Waals surface area contributed by atoms with Gasteiger partial charge in [0.1, 0.15) is 5.82 Å². The molecule has 1 aliphatic rings. The van der Waals surface area contributed by atoms with Gasteiger partial charge in [-0.2, -0.15) is 4.31 Å². The third-order valence-corrected chi connectivity index (χ3v) is 6.48. The van der Waals surface area contributed by atoms with E-state index in [4.69, 9.17) is 0 Å². The van der Waals surface area contributed by atoms with Crippen molar-refractivity contribution in [3.63, 3.8) is 0 Å². The summed E-state index contributed by atoms with van der Waals surface area (Å²) < 4.78 is 40.8. The monoisotopic (exact) mass is 405 g/mol. The highest BCUT2D eigenvalue weighted by atomic mass is 32.2. The molecule has 0 bridgehead atoms. The highest BCUT2D eigenvalue weighted by Crippen LogP contribution is 2.20. The number of benzene rings is 2. The lowest BCUT2D eigenvalue weighted by atomic mass is 10.1. The second-order valence-corrected chi connectivity index (χ2v) is 8.78. The first-order valence-corrected chi connectivity index (χ1v) is 10.6. The number of carbonyl (C=O) groups excluding carboxylic acids is 1. The van der Waals surface area contributed by atoms with Gasteiger partial charge in [-0.15, -0.1) is 0 Å². The van der Waals surface area contributed by atoms with Crippen LogP contribution in [-0.4, -0.2) is 56.3 Å². The van der Waals surface area contributed by atoms with E-state index < -0.39 is 15.8 Å². The number of aryl methyl sites for hydroxylation is 1. The van der Waals surface area contributed by atoms with E-state index in [-0.39, 0.29) is 23.9 Å². The lowest BCUT2D eigenvalue weighted by Gasteiger charge is -2.30. The summed E-state index contributed by atoms with van der Waals surface area (Å²) >= 11 is 0. The molecule has 0 radical (unpaired) electrons. The van der Waals surface area contributed by atoms with Crippen molar-refractivity contribution in [3.8, 4) is 0 Å². The number of piperazine rings is 1. The molecule has 8 heteroatoms. The second-order valence-electron chi connectivity index (χ2n) is 6.85. The number of hydrogen-bond acceptors (Lipinski definition) is 4. The van der Waals surface area contributed by atoms with E-state index in [0.29, 0.717) is 26.2 Å². The van der Waals surface area contributed by atoms with Crippen molar-refractivity contribution in [3.05, 3.63) is 65.5 Å². The molecule has 2 aromatic rings. The van der Waals surface area contributed by atoms with Gasteiger partial charge in [-0.05, 0) is 36.8 Å². The fraction of sp³-hybridized carbons (Fsp3) is 0.350. The van der Waals surface area contributed by atoms with Crippen molar-refractivity contribution in [2.24, 2.45) is 0 Å². The van der Waals surface area contributed by atoms with Crippen LogP contribution in [0.15, 0.2) is 53.4 Å². The maximum absolute atomic E-state index is 13.2. The Balaban J connectivity index is 1.88. The van der Waals surface area contributed by atoms with E-state index in [2.05, 4.69) is 5.32 Å². The smallest absolute Gasteiger partial charge is 0.243 e. The predicted octanol–water partition coefficient (Wildman–Crippen LogP) is 1.76. The van der Waals surface area contributed by atoms with Gasteiger partial charge in [-0.25, -0.2) is 12.8 Å². The molecule has 0 aromatic heterocycles. The molecule has 0 saturated carbocycles. The number of carbonyl (C=O) groups is 1. The minimum Gasteiger partial charge on any atom is -0.339 e. The predicted molar refractivity (Wildman–Crippen MR) is 105 cm³/mol. The van der Waals surface area contributed by atoms with E-state index >= 15 is 0 Å². The van der Waals surface area contributed by atoms with Crippen LogP contribution < -0.4 is 5.32 Å². The lowest BCUT2D eigenvalue weighted by molar-refractivity contribution is -0.132. The number of nitrogens with one attached hydrogen (secondary N) is 1. The summed E-state index contributed by atoms with van der Waals surface area (Å²) in [6, 6.07) is 12.2. The van der Waals surface area contributed by atoms with Gasteiger partial charge in [0.25, 0.3) is 0 Å². The molecule has 1 aliphatic heterocycles. The zero-order valence-electron chi connectivity index (χ0n) is 15.8. The molecule has 0 atom stereocenters. The van der Waals surface area contributed by atoms with Crippen LogP contribution in [0.1, 0.15) is 11.1 Å². The quantitative estimate of drug-likeness (QED) is 0.795. The molecular weight excluding hydrogens is 381 g/mol. The molecule has 3 rings (SSSR count). The van der Waals surface area contributed by atoms with Crippen LogP contribution >= 0.6 is 0 Å². The Bertz CT molecular complexity index is 926. The molecule has 1 saturated heterocycles. The molecular formula is C20H24FN3O3S. The molecule has 1 amide bonds. The fourth-order valence-corrected chi connectivity index (χ4v) is 4.54. The molecule has 28 heavy (non-hydrogen) atoms. The number of nitrogens with zero attached hydrogens (tertiary/aromatic N) is 2. The van der Waals surface area contributed by atoms with E-state index in [1.165, 1.54) is 16.4 Å². The standard InChI is InChI=1S/C20H24FN3O3S/c1-16-3-2-4-17(13-16)14-24(15-20(25)23-11-9-22-10-12-23)28(26,27)19-7-5-18(21)6-8-19/h2-8,13,22H,9-12,14-15H2,1H3. The molecule has 1 fully saturated rings. The second kappa shape index (κ2) is 8.81. The largest absolute Gasteiger partial charge is 0.339 e. The summed E-state index contributed by atoms with van der Waals surface area (Å²) in [5.41, 5.74) is 1.80. The highest BCUT2D eigenvalue weighted by molar-refractivity contribution is 7.89. The van der Waals surface area contributed by atoms with Crippen LogP contribution in [0.3, 0.4) is 0 Å². The van der Waals surface area contributed by atoms with Crippen LogP contribution in [0.2, 0.25) is 0 Å². The third kappa shape index (κ3) is 4.95. The Labute approximate surface area is 165 Å². The summed E-state index contributed by atoms with van der Waals surface area (Å²) in [6.07, 6.45) is 0. The van der Waals surface area contributed by atoms with Crippen LogP contribution in [0.25, 0.3) is 0 Å². The Hall–Kier alpha value is -2.29. The average molecular weight is 405 g/mol. The number of hydrogen-bond donors (Lipinski definition) is 1. The topological polar surface area (TPSA) is 69.7 Å². The molecule has 2 aromatic carbocycles. The number of amides is 1. The van der Waals surface area contributed by atoms with Gasteiger partial charge in [0.15, 0.2) is 0 Å². The van der Waals surface area contributed by atoms with Crippen LogP contribution in [-0.2, 0) is 21.4 Å². The van der Waals surface area contributed by atoms with Crippen LogP contribution in [0.5, 0.6) is 0 Å². The summed E-state index contributed by atoms with van der Waals surface area (Å²) in [5, 5.41) is 3.17. The zero-order valence-corrected chi connectivity index (χ0v) is 16.6. The van der Waals surface area contributed by atoms with Crippen molar-refractivity contribution in [2.75, 3.05) is 32.7 Å². The molecule has 1 N–H and O–H groups in total. The van der Waals surface area contributed by atoms with Crippen molar-refractivity contribution >= 4 is 15.9 Å². The van der Waals surface area contributed by atoms with Gasteiger partial charge in [0.2, 0.25) is 15.9 Å². The normalized spacial score (nSPS) is 15.0. The Kier molecular flexibility index (Phi) is 6.43. The van der Waals surface area contributed by atoms with Crippen molar-refractivity contribution in [2.45, 2.75) is 18.4 Å². The number of rotatable bonds is 6. The average Bonchev–Trinajstić information content (AvgIpc) is 2.68. The SMILES string of the molecule is Cc1cccc(CN(CC(=O)N2CCNCC2)S(=O)(=O)c2ccc(F)cc2)c1. The zero-order chi connectivity index (χ0) is 20.1. The van der Waals surface area contributed by atoms with Gasteiger partial charge in [0.05, 0.1) is 11.4 Å². The summed E-state index contributed by atoms with van der Waals surface area (Å²) in [6.45, 7) is 4.21. The maximum Gasteiger partial charge on any atom is 0.243 e. The van der Waals surface area contributed by atoms with Crippen LogP contribution in [0, 0.1) is 12.7 Å². The lowest BCUT2D eigenvalue weighted by Crippen LogP contribution is -2.50. The first kappa shape index (κ1) is 20.4. The number of halogens is 1. The molecule has 1 heterocycles. The third-order valence-electron chi connectivity index (χ3n) is 4.67. The van der Waals surface area contributed by atoms with Crippen molar-refractivity contribution in [1.82, 2.24) is 14.5 Å². The highest BCUT2D eigenvalue weighted by Gasteiger charge is 2.29. The summed E-state index contributed by atoms with van der Waals surface area (Å²) in [5.74, 6) is -0.749. The van der Waals surface area contributed by atoms with Crippen molar-refractivity contribution in [1.29, 1.82) is 0 Å². The van der Waals surface area contributed by atoms with Gasteiger partial charge in [-0.1, -0.05) is 29.8 Å². The van der Waals surface area contributed by atoms with Crippen LogP contribution in [0.4, 0.5) is 4.39 Å². The summed E-state index contributed by atoms with van der Waals surface area (Å²) in [7, 11) is -3.96. The van der Waals surface area contributed by atoms with Gasteiger partial charge in [0, 0.05) is 32.7 Å². The van der Waals surface area contributed by atoms with Gasteiger partial charge in [-0.3, -0.25) is 4.79 Å². The first-order chi connectivity index (χ1) is 13.4. The molecule has 6 nitrogen and oxygen atoms in total. The molecule has 0 aliphatic carbocycles. The van der Waals surface area contributed by atoms with E-state index in [0.717, 1.165) is 23.3 Å². The Morgan fingerprint density at radius 2 is 1.82 bits per heavy atom. The molecule has 0 spiro atoms. The van der Waals surface area contributed by atoms with Crippen molar-refractivity contribution < 1.29 is 17.6 Å². The fourth-order valence-electron chi connectivity index (χ4n) is 3.16. The maximum atomic E-state index is 13.2. The van der Waals surface area contributed by atoms with E-state index in [1.54, 1.807) is 4.90 Å². The van der Waals surface area contributed by atoms with E-state index in [9.17, 15) is 17.6 Å².